The van der Waals surface area contributed by atoms with Gasteiger partial charge in [0.1, 0.15) is 18.0 Å². The lowest BCUT2D eigenvalue weighted by Gasteiger charge is -2.24. The number of methoxy groups -OCH3 is 2. The maximum atomic E-state index is 14.1. The molecule has 6 amide bonds. The zero-order valence-electron chi connectivity index (χ0n) is 42.5. The second-order valence-corrected chi connectivity index (χ2v) is 19.3. The molecule has 0 saturated carbocycles. The van der Waals surface area contributed by atoms with E-state index < -0.39 is 36.2 Å². The van der Waals surface area contributed by atoms with Crippen molar-refractivity contribution in [3.05, 3.63) is 125 Å². The smallest absolute Gasteiger partial charge is 0.260 e. The molecule has 5 heterocycles. The highest BCUT2D eigenvalue weighted by atomic mass is 16.5. The number of anilines is 1. The first kappa shape index (κ1) is 51.2. The number of amides is 6. The fourth-order valence-electron chi connectivity index (χ4n) is 9.51. The van der Waals surface area contributed by atoms with E-state index in [4.69, 9.17) is 28.9 Å². The highest BCUT2D eigenvalue weighted by molar-refractivity contribution is 6.14. The van der Waals surface area contributed by atoms with Gasteiger partial charge in [-0.1, -0.05) is 45.0 Å². The Balaban J connectivity index is 0.760. The van der Waals surface area contributed by atoms with Crippen molar-refractivity contribution in [1.82, 2.24) is 20.0 Å². The molecule has 0 saturated heterocycles. The van der Waals surface area contributed by atoms with Crippen LogP contribution in [0.15, 0.2) is 107 Å². The summed E-state index contributed by atoms with van der Waals surface area (Å²) in [5.74, 6) is -1.82. The van der Waals surface area contributed by atoms with Crippen molar-refractivity contribution < 1.29 is 52.5 Å². The lowest BCUT2D eigenvalue weighted by atomic mass is 9.92. The Kier molecular flexibility index (Phi) is 14.9. The number of nitrogens with zero attached hydrogens (tertiary/aromatic N) is 5. The zero-order valence-corrected chi connectivity index (χ0v) is 42.5. The van der Waals surface area contributed by atoms with E-state index in [1.807, 2.05) is 74.1 Å². The Morgan fingerprint density at radius 1 is 0.693 bits per heavy atom. The SMILES string of the molecule is COc1ccc(C2=CN3C(=O)c4cc(C)c(OCCCOc5cc6c(cc5OC)C(=O)N5C=C(c7ccc(NC(=O)[C@H](C)CC(=O)[C@@H](NC(=O)CN8C(=O)C=CC8=O)C(C)C)cc7)CC5C=N6)cc4N=C[C@@H]3C2)cc1. The van der Waals surface area contributed by atoms with Gasteiger partial charge >= 0.3 is 0 Å². The summed E-state index contributed by atoms with van der Waals surface area (Å²) in [5, 5.41) is 5.48. The van der Waals surface area contributed by atoms with Crippen LogP contribution in [0.2, 0.25) is 0 Å². The monoisotopic (exact) mass is 1020 g/mol. The van der Waals surface area contributed by atoms with Gasteiger partial charge in [-0.3, -0.25) is 48.4 Å². The topological polar surface area (TPSA) is 215 Å². The van der Waals surface area contributed by atoms with Crippen molar-refractivity contribution in [2.75, 3.05) is 39.3 Å². The molecule has 9 rings (SSSR count). The van der Waals surface area contributed by atoms with Crippen LogP contribution in [0.3, 0.4) is 0 Å². The van der Waals surface area contributed by atoms with E-state index in [2.05, 4.69) is 10.6 Å². The number of carbonyl (C=O) groups excluding carboxylic acids is 7. The predicted octanol–water partition coefficient (Wildman–Crippen LogP) is 7.40. The summed E-state index contributed by atoms with van der Waals surface area (Å²) < 4.78 is 23.3. The number of benzene rings is 4. The number of hydrogen-bond donors (Lipinski definition) is 2. The van der Waals surface area contributed by atoms with E-state index in [1.165, 1.54) is 7.11 Å². The maximum Gasteiger partial charge on any atom is 0.260 e. The van der Waals surface area contributed by atoms with Gasteiger partial charge in [0.2, 0.25) is 11.8 Å². The number of rotatable bonds is 19. The molecule has 18 heteroatoms. The lowest BCUT2D eigenvalue weighted by molar-refractivity contribution is -0.141. The molecule has 0 aromatic heterocycles. The molecule has 75 heavy (non-hydrogen) atoms. The Labute approximate surface area is 433 Å². The molecule has 0 aliphatic carbocycles. The van der Waals surface area contributed by atoms with E-state index in [-0.39, 0.29) is 54.5 Å². The third kappa shape index (κ3) is 11.0. The first-order valence-electron chi connectivity index (χ1n) is 24.8. The van der Waals surface area contributed by atoms with E-state index in [9.17, 15) is 33.6 Å². The predicted molar refractivity (Wildman–Crippen MR) is 281 cm³/mol. The summed E-state index contributed by atoms with van der Waals surface area (Å²) in [6.07, 6.45) is 11.0. The van der Waals surface area contributed by atoms with Gasteiger partial charge < -0.3 is 39.4 Å². The summed E-state index contributed by atoms with van der Waals surface area (Å²) in [6, 6.07) is 20.5. The van der Waals surface area contributed by atoms with Crippen LogP contribution in [-0.2, 0) is 24.0 Å². The average molecular weight is 1020 g/mol. The molecule has 0 bridgehead atoms. The molecule has 4 atom stereocenters. The van der Waals surface area contributed by atoms with Crippen LogP contribution in [0.5, 0.6) is 23.0 Å². The quantitative estimate of drug-likeness (QED) is 0.0697. The minimum atomic E-state index is -0.923. The number of carbonyl (C=O) groups is 7. The number of nitrogens with one attached hydrogen (secondary N) is 2. The van der Waals surface area contributed by atoms with Crippen LogP contribution < -0.4 is 29.6 Å². The number of aryl methyl sites for hydroxylation is 1. The molecule has 0 radical (unpaired) electrons. The van der Waals surface area contributed by atoms with Crippen LogP contribution in [0, 0.1) is 18.8 Å². The fraction of sp³-hybridized carbons (Fsp3) is 0.316. The van der Waals surface area contributed by atoms with Gasteiger partial charge in [-0.25, -0.2) is 0 Å². The van der Waals surface area contributed by atoms with Crippen molar-refractivity contribution in [2.45, 2.75) is 71.5 Å². The largest absolute Gasteiger partial charge is 0.497 e. The van der Waals surface area contributed by atoms with Crippen LogP contribution >= 0.6 is 0 Å². The lowest BCUT2D eigenvalue weighted by Crippen LogP contribution is -2.49. The van der Waals surface area contributed by atoms with Crippen molar-refractivity contribution in [1.29, 1.82) is 0 Å². The summed E-state index contributed by atoms with van der Waals surface area (Å²) in [7, 11) is 3.14. The molecular formula is C57H57N7O11. The van der Waals surface area contributed by atoms with Crippen LogP contribution in [0.25, 0.3) is 11.1 Å². The molecule has 2 N–H and O–H groups in total. The highest BCUT2D eigenvalue weighted by Gasteiger charge is 2.36. The van der Waals surface area contributed by atoms with E-state index in [0.717, 1.165) is 50.6 Å². The third-order valence-electron chi connectivity index (χ3n) is 13.7. The standard InChI is InChI=1S/C57H57N7O11/c1-32(2)54(61-51(66)31-64-52(67)16-17-53(64)68)47(65)21-34(4)55(69)60-39-12-8-35(9-13-39)37-22-41-28-59-46-26-50(49(73-6)24-44(46)57(71)63(41)29-37)75-19-7-18-74-48-25-45-43(20-33(48)3)56(70)62-30-38(23-40(62)27-58-45)36-10-14-42(72-5)15-11-36/h8-17,20,24-30,32,34,40-41,54H,7,18-19,21-23,31H2,1-6H3,(H,60,69)(H,61,66)/t34-,40+,41?,54+/m1/s1. The van der Waals surface area contributed by atoms with Crippen LogP contribution in [0.1, 0.15) is 83.9 Å². The number of fused-ring (bicyclic) bond motifs is 4. The molecule has 386 valence electrons. The van der Waals surface area contributed by atoms with Crippen LogP contribution in [-0.4, -0.2) is 120 Å². The average Bonchev–Trinajstić information content (AvgIpc) is 4.09. The first-order chi connectivity index (χ1) is 36.1. The normalized spacial score (nSPS) is 18.1. The Morgan fingerprint density at radius 2 is 1.24 bits per heavy atom. The molecule has 0 spiro atoms. The van der Waals surface area contributed by atoms with Gasteiger partial charge in [0, 0.05) is 86.4 Å². The maximum absolute atomic E-state index is 14.1. The molecule has 5 aliphatic rings. The summed E-state index contributed by atoms with van der Waals surface area (Å²) in [6.45, 7) is 7.13. The molecule has 4 aromatic rings. The van der Waals surface area contributed by atoms with E-state index in [1.54, 1.807) is 68.2 Å². The van der Waals surface area contributed by atoms with E-state index >= 15 is 0 Å². The zero-order chi connectivity index (χ0) is 53.1. The van der Waals surface area contributed by atoms with Gasteiger partial charge in [0.25, 0.3) is 23.6 Å². The number of imide groups is 1. The second kappa shape index (κ2) is 21.8. The number of aliphatic imine (C=N–C) groups is 2. The van der Waals surface area contributed by atoms with Crippen molar-refractivity contribution in [3.63, 3.8) is 0 Å². The summed E-state index contributed by atoms with van der Waals surface area (Å²) in [5.41, 5.74) is 7.01. The van der Waals surface area contributed by atoms with E-state index in [0.29, 0.717) is 71.3 Å². The van der Waals surface area contributed by atoms with Gasteiger partial charge in [-0.15, -0.1) is 0 Å². The molecule has 1 unspecified atom stereocenters. The molecule has 4 aromatic carbocycles. The summed E-state index contributed by atoms with van der Waals surface area (Å²) in [4.78, 5) is 104. The molecule has 5 aliphatic heterocycles. The molecule has 18 nitrogen and oxygen atoms in total. The Bertz CT molecular complexity index is 3120. The number of ketones is 1. The summed E-state index contributed by atoms with van der Waals surface area (Å²) >= 11 is 0. The Hall–Kier alpha value is -8.67. The first-order valence-corrected chi connectivity index (χ1v) is 24.8. The minimum absolute atomic E-state index is 0.117. The number of ether oxygens (including phenoxy) is 4. The number of hydrogen-bond acceptors (Lipinski definition) is 13. The third-order valence-corrected chi connectivity index (χ3v) is 13.7. The van der Waals surface area contributed by atoms with Crippen molar-refractivity contribution in [2.24, 2.45) is 21.8 Å². The fourth-order valence-corrected chi connectivity index (χ4v) is 9.51. The van der Waals surface area contributed by atoms with Crippen molar-refractivity contribution in [3.8, 4) is 23.0 Å². The van der Waals surface area contributed by atoms with Gasteiger partial charge in [0.15, 0.2) is 17.3 Å². The molecular weight excluding hydrogens is 959 g/mol. The highest BCUT2D eigenvalue weighted by Crippen LogP contribution is 2.41. The van der Waals surface area contributed by atoms with Crippen LogP contribution in [0.4, 0.5) is 17.1 Å². The van der Waals surface area contributed by atoms with Gasteiger partial charge in [-0.2, -0.15) is 0 Å². The van der Waals surface area contributed by atoms with Gasteiger partial charge in [0.05, 0.1) is 68.1 Å². The number of Topliss-reactive ketones (excluding diaryl/α,β-unsaturated/α-hetero) is 1. The van der Waals surface area contributed by atoms with Gasteiger partial charge in [-0.05, 0) is 77.1 Å². The second-order valence-electron chi connectivity index (χ2n) is 19.3. The Morgan fingerprint density at radius 3 is 1.80 bits per heavy atom. The van der Waals surface area contributed by atoms with Crippen molar-refractivity contribution >= 4 is 81.9 Å². The minimum Gasteiger partial charge on any atom is -0.497 e. The molecule has 0 fully saturated rings.